The first kappa shape index (κ1) is 35.8. The van der Waals surface area contributed by atoms with Crippen molar-refractivity contribution >= 4 is 28.7 Å². The van der Waals surface area contributed by atoms with Crippen LogP contribution >= 0.6 is 0 Å². The highest BCUT2D eigenvalue weighted by atomic mass is 19.4. The summed E-state index contributed by atoms with van der Waals surface area (Å²) >= 11 is 0. The van der Waals surface area contributed by atoms with E-state index in [4.69, 9.17) is 24.8 Å². The number of halogens is 6. The van der Waals surface area contributed by atoms with Gasteiger partial charge in [-0.15, -0.1) is 0 Å². The summed E-state index contributed by atoms with van der Waals surface area (Å²) < 4.78 is 65.6. The molecule has 0 atom stereocenters. The van der Waals surface area contributed by atoms with Crippen molar-refractivity contribution in [3.63, 3.8) is 0 Å². The topological polar surface area (TPSA) is 112 Å². The molecule has 0 amide bonds. The summed E-state index contributed by atoms with van der Waals surface area (Å²) in [5, 5.41) is 14.2. The van der Waals surface area contributed by atoms with Crippen LogP contribution in [0, 0.1) is 0 Å². The minimum absolute atomic E-state index is 0.490. The largest absolute Gasteiger partial charge is 0.490 e. The molecule has 2 N–H and O–H groups in total. The molecule has 1 saturated heterocycles. The zero-order chi connectivity index (χ0) is 34.2. The van der Waals surface area contributed by atoms with E-state index in [1.165, 1.54) is 16.9 Å². The third-order valence-corrected chi connectivity index (χ3v) is 7.13. The van der Waals surface area contributed by atoms with Crippen molar-refractivity contribution in [1.29, 1.82) is 0 Å². The SMILES string of the molecule is CN(C)c1ccc(CN2CCC(c3cc4c(ncn4C)c(-c4ccccc4)n3)CC2)cc1.O=C(O)C(F)(F)F.O=C(O)C(F)(F)F. The van der Waals surface area contributed by atoms with Gasteiger partial charge in [0.15, 0.2) is 0 Å². The number of likely N-dealkylation sites (tertiary alicyclic amines) is 1. The van der Waals surface area contributed by atoms with E-state index in [9.17, 15) is 26.3 Å². The second-order valence-corrected chi connectivity index (χ2v) is 10.7. The molecule has 1 aliphatic rings. The Morgan fingerprint density at radius 1 is 0.891 bits per heavy atom. The number of hydrogen-bond donors (Lipinski definition) is 2. The first-order valence-corrected chi connectivity index (χ1v) is 13.9. The van der Waals surface area contributed by atoms with Gasteiger partial charge >= 0.3 is 24.3 Å². The number of hydrogen-bond acceptors (Lipinski definition) is 6. The van der Waals surface area contributed by atoms with Crippen LogP contribution in [0.2, 0.25) is 0 Å². The number of nitrogens with zero attached hydrogens (tertiary/aromatic N) is 5. The average Bonchev–Trinajstić information content (AvgIpc) is 3.38. The van der Waals surface area contributed by atoms with Crippen molar-refractivity contribution < 1.29 is 46.1 Å². The highest BCUT2D eigenvalue weighted by molar-refractivity contribution is 5.90. The number of carbonyl (C=O) groups is 2. The molecule has 46 heavy (non-hydrogen) atoms. The highest BCUT2D eigenvalue weighted by Crippen LogP contribution is 2.33. The van der Waals surface area contributed by atoms with Gasteiger partial charge in [0.25, 0.3) is 0 Å². The van der Waals surface area contributed by atoms with E-state index in [0.29, 0.717) is 5.92 Å². The number of pyridine rings is 1. The summed E-state index contributed by atoms with van der Waals surface area (Å²) in [5.41, 5.74) is 8.13. The molecule has 0 aliphatic carbocycles. The third-order valence-electron chi connectivity index (χ3n) is 7.13. The number of carboxylic acids is 2. The Morgan fingerprint density at radius 2 is 1.41 bits per heavy atom. The van der Waals surface area contributed by atoms with E-state index in [0.717, 1.165) is 54.8 Å². The van der Waals surface area contributed by atoms with Crippen molar-refractivity contribution in [1.82, 2.24) is 19.4 Å². The number of alkyl halides is 6. The van der Waals surface area contributed by atoms with Crippen LogP contribution in [0.3, 0.4) is 0 Å². The van der Waals surface area contributed by atoms with Crippen LogP contribution in [0.1, 0.15) is 30.0 Å². The molecule has 2 aromatic carbocycles. The monoisotopic (exact) mass is 653 g/mol. The summed E-state index contributed by atoms with van der Waals surface area (Å²) in [6, 6.07) is 21.6. The molecule has 0 spiro atoms. The first-order chi connectivity index (χ1) is 21.5. The first-order valence-electron chi connectivity index (χ1n) is 13.9. The summed E-state index contributed by atoms with van der Waals surface area (Å²) in [5.74, 6) is -5.02. The van der Waals surface area contributed by atoms with Gasteiger partial charge in [-0.3, -0.25) is 9.88 Å². The van der Waals surface area contributed by atoms with Crippen LogP contribution in [0.25, 0.3) is 22.3 Å². The predicted molar refractivity (Wildman–Crippen MR) is 159 cm³/mol. The van der Waals surface area contributed by atoms with Crippen LogP contribution in [-0.4, -0.2) is 81.1 Å². The van der Waals surface area contributed by atoms with Crippen LogP contribution in [0.5, 0.6) is 0 Å². The van der Waals surface area contributed by atoms with Crippen molar-refractivity contribution in [2.45, 2.75) is 37.7 Å². The fourth-order valence-electron chi connectivity index (χ4n) is 4.70. The minimum atomic E-state index is -5.08. The van der Waals surface area contributed by atoms with E-state index in [1.54, 1.807) is 0 Å². The van der Waals surface area contributed by atoms with Crippen molar-refractivity contribution in [2.24, 2.45) is 7.05 Å². The van der Waals surface area contributed by atoms with Gasteiger partial charge in [-0.1, -0.05) is 42.5 Å². The van der Waals surface area contributed by atoms with Gasteiger partial charge in [-0.25, -0.2) is 14.6 Å². The number of fused-ring (bicyclic) bond motifs is 1. The van der Waals surface area contributed by atoms with Gasteiger partial charge in [-0.2, -0.15) is 26.3 Å². The zero-order valence-corrected chi connectivity index (χ0v) is 25.2. The summed E-state index contributed by atoms with van der Waals surface area (Å²) in [7, 11) is 6.23. The number of aromatic nitrogens is 3. The van der Waals surface area contributed by atoms with Gasteiger partial charge in [0.2, 0.25) is 0 Å². The van der Waals surface area contributed by atoms with Crippen molar-refractivity contribution in [3.05, 3.63) is 78.2 Å². The van der Waals surface area contributed by atoms with Gasteiger partial charge in [-0.05, 0) is 49.7 Å². The molecule has 1 aliphatic heterocycles. The Balaban J connectivity index is 0.000000345. The molecule has 4 aromatic rings. The molecule has 3 heterocycles. The van der Waals surface area contributed by atoms with Crippen LogP contribution in [-0.2, 0) is 23.2 Å². The molecule has 0 radical (unpaired) electrons. The normalized spacial score (nSPS) is 14.1. The summed E-state index contributed by atoms with van der Waals surface area (Å²) in [4.78, 5) is 32.3. The van der Waals surface area contributed by atoms with Gasteiger partial charge in [0, 0.05) is 50.6 Å². The summed E-state index contributed by atoms with van der Waals surface area (Å²) in [6.45, 7) is 3.22. The van der Waals surface area contributed by atoms with E-state index in [1.807, 2.05) is 12.4 Å². The number of aliphatic carboxylic acids is 2. The maximum atomic E-state index is 10.6. The van der Waals surface area contributed by atoms with E-state index >= 15 is 0 Å². The maximum absolute atomic E-state index is 10.6. The molecular weight excluding hydrogens is 620 g/mol. The molecule has 15 heteroatoms. The molecule has 1 fully saturated rings. The summed E-state index contributed by atoms with van der Waals surface area (Å²) in [6.07, 6.45) is -5.99. The van der Waals surface area contributed by atoms with Crippen molar-refractivity contribution in [2.75, 3.05) is 32.1 Å². The van der Waals surface area contributed by atoms with E-state index < -0.39 is 24.3 Å². The fraction of sp³-hybridized carbons (Fsp3) is 0.355. The number of piperidine rings is 1. The van der Waals surface area contributed by atoms with Crippen LogP contribution in [0.4, 0.5) is 32.0 Å². The number of rotatable bonds is 5. The number of aryl methyl sites for hydroxylation is 1. The molecule has 2 aromatic heterocycles. The van der Waals surface area contributed by atoms with E-state index in [-0.39, 0.29) is 0 Å². The lowest BCUT2D eigenvalue weighted by molar-refractivity contribution is -0.193. The van der Waals surface area contributed by atoms with Crippen LogP contribution in [0.15, 0.2) is 67.0 Å². The quantitative estimate of drug-likeness (QED) is 0.240. The van der Waals surface area contributed by atoms with Gasteiger partial charge in [0.1, 0.15) is 5.52 Å². The molecule has 0 saturated carbocycles. The number of imidazole rings is 1. The molecule has 0 bridgehead atoms. The molecule has 9 nitrogen and oxygen atoms in total. The zero-order valence-electron chi connectivity index (χ0n) is 25.2. The molecule has 5 rings (SSSR count). The lowest BCUT2D eigenvalue weighted by Gasteiger charge is -2.32. The maximum Gasteiger partial charge on any atom is 0.490 e. The molecule has 0 unspecified atom stereocenters. The smallest absolute Gasteiger partial charge is 0.475 e. The Morgan fingerprint density at radius 3 is 1.89 bits per heavy atom. The van der Waals surface area contributed by atoms with Gasteiger partial charge < -0.3 is 19.7 Å². The third kappa shape index (κ3) is 9.92. The average molecular weight is 654 g/mol. The van der Waals surface area contributed by atoms with Gasteiger partial charge in [0.05, 0.1) is 17.5 Å². The lowest BCUT2D eigenvalue weighted by atomic mass is 9.92. The Kier molecular flexibility index (Phi) is 11.7. The second kappa shape index (κ2) is 15.1. The van der Waals surface area contributed by atoms with E-state index in [2.05, 4.69) is 95.1 Å². The number of carboxylic acid groups (broad SMARTS) is 2. The number of benzene rings is 2. The predicted octanol–water partition coefficient (Wildman–Crippen LogP) is 6.35. The van der Waals surface area contributed by atoms with Crippen molar-refractivity contribution in [3.8, 4) is 11.3 Å². The number of anilines is 1. The Labute approximate surface area is 260 Å². The highest BCUT2D eigenvalue weighted by Gasteiger charge is 2.38. The minimum Gasteiger partial charge on any atom is -0.475 e. The Hall–Kier alpha value is -4.66. The molecule has 248 valence electrons. The van der Waals surface area contributed by atoms with Crippen LogP contribution < -0.4 is 4.90 Å². The standard InChI is InChI=1S/C27H31N5.2C2HF3O2/c1-30(2)23-11-9-20(10-12-23)18-32-15-13-21(14-16-32)24-17-25-27(28-19-31(25)3)26(29-24)22-7-5-4-6-8-22;2*3-2(4,5)1(6)7/h4-12,17,19,21H,13-16,18H2,1-3H3;2*(H,6,7). The Bertz CT molecular complexity index is 1570. The fourth-order valence-corrected chi connectivity index (χ4v) is 4.70. The molecular formula is C31H33F6N5O4. The second-order valence-electron chi connectivity index (χ2n) is 10.7. The lowest BCUT2D eigenvalue weighted by Crippen LogP contribution is -2.32.